The molecule has 10 nitrogen and oxygen atoms in total. The molecule has 0 spiro atoms. The molecule has 0 saturated heterocycles. The Bertz CT molecular complexity index is 1230. The molecule has 3 aromatic rings. The summed E-state index contributed by atoms with van der Waals surface area (Å²) in [6.07, 6.45) is 0.698. The zero-order valence-electron chi connectivity index (χ0n) is 15.4. The summed E-state index contributed by atoms with van der Waals surface area (Å²) in [5.41, 5.74) is 2.46. The predicted molar refractivity (Wildman–Crippen MR) is 104 cm³/mol. The Balaban J connectivity index is 1.54. The molecular weight excluding hydrogens is 380 g/mol. The molecule has 0 radical (unpaired) electrons. The lowest BCUT2D eigenvalue weighted by atomic mass is 10.1. The highest BCUT2D eigenvalue weighted by atomic mass is 16.6. The topological polar surface area (TPSA) is 128 Å². The Labute approximate surface area is 163 Å². The van der Waals surface area contributed by atoms with Crippen molar-refractivity contribution in [3.8, 4) is 0 Å². The molecule has 1 N–H and O–H groups in total. The van der Waals surface area contributed by atoms with Crippen LogP contribution in [0.2, 0.25) is 0 Å². The number of fused-ring (bicyclic) bond motifs is 2. The van der Waals surface area contributed by atoms with Crippen molar-refractivity contribution >= 4 is 40.0 Å². The number of oxazole rings is 1. The molecule has 0 aliphatic carbocycles. The van der Waals surface area contributed by atoms with Crippen molar-refractivity contribution in [1.82, 2.24) is 4.57 Å². The number of nitrogens with zero attached hydrogens (tertiary/aromatic N) is 3. The Morgan fingerprint density at radius 2 is 2.03 bits per heavy atom. The van der Waals surface area contributed by atoms with Gasteiger partial charge in [-0.2, -0.15) is 0 Å². The van der Waals surface area contributed by atoms with Crippen LogP contribution >= 0.6 is 0 Å². The van der Waals surface area contributed by atoms with E-state index in [0.717, 1.165) is 21.9 Å². The smallest absolute Gasteiger partial charge is 0.407 e. The standard InChI is InChI=1S/C19H16N4O6/c1-11(24)21-7-6-12-8-13(2-4-15(12)21)20-18(25)10-22-16-5-3-14(23(27)28)9-17(16)29-19(22)26/h2-5,8-9H,6-7,10H2,1H3,(H,20,25). The summed E-state index contributed by atoms with van der Waals surface area (Å²) in [4.78, 5) is 48.1. The Morgan fingerprint density at radius 1 is 1.24 bits per heavy atom. The summed E-state index contributed by atoms with van der Waals surface area (Å²) < 4.78 is 6.13. The van der Waals surface area contributed by atoms with Gasteiger partial charge in [0.1, 0.15) is 6.54 Å². The summed E-state index contributed by atoms with van der Waals surface area (Å²) in [7, 11) is 0. The highest BCUT2D eigenvalue weighted by Gasteiger charge is 2.22. The number of carbonyl (C=O) groups is 2. The number of nitro groups is 1. The first kappa shape index (κ1) is 18.4. The number of nitro benzene ring substituents is 1. The van der Waals surface area contributed by atoms with Crippen LogP contribution in [-0.2, 0) is 22.6 Å². The number of hydrogen-bond acceptors (Lipinski definition) is 6. The molecule has 2 aromatic carbocycles. The normalized spacial score (nSPS) is 12.8. The quantitative estimate of drug-likeness (QED) is 0.531. The number of nitrogens with one attached hydrogen (secondary N) is 1. The number of aromatic nitrogens is 1. The predicted octanol–water partition coefficient (Wildman–Crippen LogP) is 2.05. The van der Waals surface area contributed by atoms with Crippen molar-refractivity contribution in [3.05, 3.63) is 62.6 Å². The van der Waals surface area contributed by atoms with E-state index in [2.05, 4.69) is 5.32 Å². The molecule has 1 aliphatic rings. The fourth-order valence-electron chi connectivity index (χ4n) is 3.47. The highest BCUT2D eigenvalue weighted by molar-refractivity contribution is 5.95. The minimum absolute atomic E-state index is 0.0352. The molecule has 1 aliphatic heterocycles. The van der Waals surface area contributed by atoms with Gasteiger partial charge in [0.05, 0.1) is 16.5 Å². The molecule has 148 valence electrons. The summed E-state index contributed by atoms with van der Waals surface area (Å²) in [6, 6.07) is 9.03. The lowest BCUT2D eigenvalue weighted by molar-refractivity contribution is -0.384. The van der Waals surface area contributed by atoms with Gasteiger partial charge < -0.3 is 14.6 Å². The van der Waals surface area contributed by atoms with Crippen molar-refractivity contribution in [2.75, 3.05) is 16.8 Å². The van der Waals surface area contributed by atoms with E-state index < -0.39 is 16.6 Å². The lowest BCUT2D eigenvalue weighted by Gasteiger charge is -2.15. The van der Waals surface area contributed by atoms with Crippen LogP contribution in [0.1, 0.15) is 12.5 Å². The summed E-state index contributed by atoms with van der Waals surface area (Å²) in [5, 5.41) is 13.6. The van der Waals surface area contributed by atoms with Crippen LogP contribution in [0.5, 0.6) is 0 Å². The molecule has 2 heterocycles. The van der Waals surface area contributed by atoms with E-state index in [1.54, 1.807) is 23.1 Å². The van der Waals surface area contributed by atoms with Gasteiger partial charge in [-0.1, -0.05) is 0 Å². The van der Waals surface area contributed by atoms with Crippen molar-refractivity contribution in [2.24, 2.45) is 0 Å². The molecule has 29 heavy (non-hydrogen) atoms. The van der Waals surface area contributed by atoms with Gasteiger partial charge in [-0.15, -0.1) is 0 Å². The number of amides is 2. The monoisotopic (exact) mass is 396 g/mol. The number of hydrogen-bond donors (Lipinski definition) is 1. The van der Waals surface area contributed by atoms with Crippen LogP contribution in [-0.4, -0.2) is 27.8 Å². The second kappa shape index (κ2) is 6.89. The van der Waals surface area contributed by atoms with Crippen LogP contribution in [0.3, 0.4) is 0 Å². The molecule has 0 unspecified atom stereocenters. The van der Waals surface area contributed by atoms with Crippen molar-refractivity contribution in [2.45, 2.75) is 19.9 Å². The maximum atomic E-state index is 12.4. The first-order chi connectivity index (χ1) is 13.8. The van der Waals surface area contributed by atoms with Gasteiger partial charge in [-0.05, 0) is 36.2 Å². The van der Waals surface area contributed by atoms with Crippen LogP contribution in [0, 0.1) is 10.1 Å². The van der Waals surface area contributed by atoms with Crippen molar-refractivity contribution in [1.29, 1.82) is 0 Å². The maximum absolute atomic E-state index is 12.4. The molecular formula is C19H16N4O6. The zero-order chi connectivity index (χ0) is 20.7. The van der Waals surface area contributed by atoms with E-state index in [9.17, 15) is 24.5 Å². The Hall–Kier alpha value is -3.95. The van der Waals surface area contributed by atoms with Gasteiger partial charge in [0.15, 0.2) is 5.58 Å². The summed E-state index contributed by atoms with van der Waals surface area (Å²) in [6.45, 7) is 1.80. The number of carbonyl (C=O) groups excluding carboxylic acids is 2. The average Bonchev–Trinajstić information content (AvgIpc) is 3.22. The van der Waals surface area contributed by atoms with E-state index in [1.807, 2.05) is 0 Å². The van der Waals surface area contributed by atoms with Crippen LogP contribution in [0.25, 0.3) is 11.1 Å². The van der Waals surface area contributed by atoms with Gasteiger partial charge in [-0.25, -0.2) is 4.79 Å². The molecule has 1 aromatic heterocycles. The van der Waals surface area contributed by atoms with Crippen LogP contribution in [0.4, 0.5) is 17.1 Å². The first-order valence-electron chi connectivity index (χ1n) is 8.82. The van der Waals surface area contributed by atoms with Gasteiger partial charge in [0.25, 0.3) is 5.69 Å². The SMILES string of the molecule is CC(=O)N1CCc2cc(NC(=O)Cn3c(=O)oc4cc([N+](=O)[O-])ccc43)ccc21. The third-order valence-corrected chi connectivity index (χ3v) is 4.80. The first-order valence-corrected chi connectivity index (χ1v) is 8.82. The average molecular weight is 396 g/mol. The van der Waals surface area contributed by atoms with Crippen molar-refractivity contribution in [3.63, 3.8) is 0 Å². The molecule has 0 atom stereocenters. The fourth-order valence-corrected chi connectivity index (χ4v) is 3.47. The molecule has 4 rings (SSSR count). The minimum atomic E-state index is -0.776. The minimum Gasteiger partial charge on any atom is -0.407 e. The highest BCUT2D eigenvalue weighted by Crippen LogP contribution is 2.30. The van der Waals surface area contributed by atoms with E-state index in [4.69, 9.17) is 4.42 Å². The third-order valence-electron chi connectivity index (χ3n) is 4.80. The van der Waals surface area contributed by atoms with Gasteiger partial charge >= 0.3 is 5.76 Å². The van der Waals surface area contributed by atoms with Gasteiger partial charge in [0.2, 0.25) is 11.8 Å². The van der Waals surface area contributed by atoms with Gasteiger partial charge in [0, 0.05) is 30.9 Å². The molecule has 0 saturated carbocycles. The summed E-state index contributed by atoms with van der Waals surface area (Å²) in [5.74, 6) is -1.26. The van der Waals surface area contributed by atoms with Gasteiger partial charge in [-0.3, -0.25) is 24.3 Å². The number of benzene rings is 2. The van der Waals surface area contributed by atoms with E-state index in [1.165, 1.54) is 19.1 Å². The molecule has 0 fully saturated rings. The Morgan fingerprint density at radius 3 is 2.76 bits per heavy atom. The van der Waals surface area contributed by atoms with E-state index in [-0.39, 0.29) is 23.7 Å². The van der Waals surface area contributed by atoms with Crippen molar-refractivity contribution < 1.29 is 18.9 Å². The van der Waals surface area contributed by atoms with Crippen LogP contribution < -0.4 is 16.0 Å². The third kappa shape index (κ3) is 3.35. The largest absolute Gasteiger partial charge is 0.420 e. The second-order valence-corrected chi connectivity index (χ2v) is 6.68. The van der Waals surface area contributed by atoms with E-state index >= 15 is 0 Å². The lowest BCUT2D eigenvalue weighted by Crippen LogP contribution is -2.25. The number of anilines is 2. The number of non-ortho nitro benzene ring substituents is 1. The number of rotatable bonds is 4. The second-order valence-electron chi connectivity index (χ2n) is 6.68. The molecule has 2 amide bonds. The summed E-state index contributed by atoms with van der Waals surface area (Å²) >= 11 is 0. The fraction of sp³-hybridized carbons (Fsp3) is 0.211. The molecule has 10 heteroatoms. The maximum Gasteiger partial charge on any atom is 0.420 e. The zero-order valence-corrected chi connectivity index (χ0v) is 15.4. The Kier molecular flexibility index (Phi) is 4.38. The van der Waals surface area contributed by atoms with Crippen LogP contribution in [0.15, 0.2) is 45.6 Å². The molecule has 0 bridgehead atoms. The van der Waals surface area contributed by atoms with E-state index in [0.29, 0.717) is 24.2 Å².